The normalized spacial score (nSPS) is 22.7. The number of nitrogens with one attached hydrogen (secondary N) is 1. The fourth-order valence-electron chi connectivity index (χ4n) is 2.39. The van der Waals surface area contributed by atoms with Crippen LogP contribution in [0, 0.1) is 5.82 Å². The maximum Gasteiger partial charge on any atom is 0.249 e. The molecule has 3 N–H and O–H groups in total. The first kappa shape index (κ1) is 15.7. The third kappa shape index (κ3) is 2.87. The number of benzene rings is 1. The lowest BCUT2D eigenvalue weighted by atomic mass is 10.2. The lowest BCUT2D eigenvalue weighted by molar-refractivity contribution is -0.127. The summed E-state index contributed by atoms with van der Waals surface area (Å²) in [6.07, 6.45) is 1.77. The third-order valence-corrected chi connectivity index (χ3v) is 3.89. The Balaban J connectivity index is 0.00000161. The number of carbonyl (C=O) groups excluding carboxylic acids is 2. The van der Waals surface area contributed by atoms with Crippen molar-refractivity contribution in [1.82, 2.24) is 5.32 Å². The van der Waals surface area contributed by atoms with Crippen molar-refractivity contribution in [2.75, 3.05) is 11.4 Å². The summed E-state index contributed by atoms with van der Waals surface area (Å²) in [5.74, 6) is -1.01. The van der Waals surface area contributed by atoms with E-state index in [2.05, 4.69) is 5.32 Å². The summed E-state index contributed by atoms with van der Waals surface area (Å²) in [5, 5.41) is 2.67. The molecule has 1 aromatic rings. The molecule has 1 saturated carbocycles. The van der Waals surface area contributed by atoms with Crippen LogP contribution in [0.1, 0.15) is 19.3 Å². The van der Waals surface area contributed by atoms with Crippen molar-refractivity contribution < 1.29 is 14.0 Å². The van der Waals surface area contributed by atoms with Gasteiger partial charge in [-0.05, 0) is 31.4 Å². The molecule has 1 aliphatic carbocycles. The minimum atomic E-state index is -0.800. The average Bonchev–Trinajstić information content (AvgIpc) is 3.09. The molecule has 0 aromatic heterocycles. The van der Waals surface area contributed by atoms with Gasteiger partial charge in [0.2, 0.25) is 11.8 Å². The Morgan fingerprint density at radius 3 is 2.67 bits per heavy atom. The largest absolute Gasteiger partial charge is 0.343 e. The number of carbonyl (C=O) groups is 2. The molecule has 21 heavy (non-hydrogen) atoms. The van der Waals surface area contributed by atoms with Gasteiger partial charge in [-0.1, -0.05) is 12.1 Å². The Morgan fingerprint density at radius 1 is 1.38 bits per heavy atom. The quantitative estimate of drug-likeness (QED) is 0.873. The molecule has 1 saturated heterocycles. The number of rotatable bonds is 3. The van der Waals surface area contributed by atoms with Crippen molar-refractivity contribution in [2.24, 2.45) is 5.73 Å². The highest BCUT2D eigenvalue weighted by atomic mass is 35.5. The molecule has 114 valence electrons. The van der Waals surface area contributed by atoms with Crippen LogP contribution in [0.15, 0.2) is 24.3 Å². The molecule has 2 aliphatic rings. The Hall–Kier alpha value is -1.66. The molecule has 2 fully saturated rings. The molecule has 1 heterocycles. The summed E-state index contributed by atoms with van der Waals surface area (Å²) >= 11 is 0. The zero-order valence-corrected chi connectivity index (χ0v) is 12.2. The van der Waals surface area contributed by atoms with Gasteiger partial charge in [0, 0.05) is 6.54 Å². The second kappa shape index (κ2) is 5.61. The van der Waals surface area contributed by atoms with Crippen molar-refractivity contribution >= 4 is 29.9 Å². The molecule has 7 heteroatoms. The molecule has 0 bridgehead atoms. The molecule has 3 rings (SSSR count). The van der Waals surface area contributed by atoms with Gasteiger partial charge < -0.3 is 16.0 Å². The molecule has 0 radical (unpaired) electrons. The summed E-state index contributed by atoms with van der Waals surface area (Å²) in [5.41, 5.74) is 5.24. The van der Waals surface area contributed by atoms with Crippen LogP contribution in [0.25, 0.3) is 0 Å². The first-order valence-corrected chi connectivity index (χ1v) is 6.67. The molecule has 1 aliphatic heterocycles. The highest BCUT2D eigenvalue weighted by Crippen LogP contribution is 2.33. The first-order valence-electron chi connectivity index (χ1n) is 6.67. The maximum absolute atomic E-state index is 13.7. The van der Waals surface area contributed by atoms with E-state index in [9.17, 15) is 14.0 Å². The molecule has 5 nitrogen and oxygen atoms in total. The zero-order chi connectivity index (χ0) is 14.3. The van der Waals surface area contributed by atoms with Crippen molar-refractivity contribution in [3.8, 4) is 0 Å². The Labute approximate surface area is 128 Å². The predicted molar refractivity (Wildman–Crippen MR) is 78.7 cm³/mol. The van der Waals surface area contributed by atoms with Gasteiger partial charge in [-0.2, -0.15) is 0 Å². The number of halogens is 2. The van der Waals surface area contributed by atoms with Gasteiger partial charge in [0.25, 0.3) is 0 Å². The van der Waals surface area contributed by atoms with E-state index >= 15 is 0 Å². The van der Waals surface area contributed by atoms with Crippen molar-refractivity contribution in [3.63, 3.8) is 0 Å². The maximum atomic E-state index is 13.7. The molecule has 1 aromatic carbocycles. The minimum Gasteiger partial charge on any atom is -0.343 e. The van der Waals surface area contributed by atoms with Crippen LogP contribution in [0.5, 0.6) is 0 Å². The Bertz CT molecular complexity index is 577. The predicted octanol–water partition coefficient (Wildman–Crippen LogP) is 0.960. The molecular weight excluding hydrogens is 297 g/mol. The highest BCUT2D eigenvalue weighted by Gasteiger charge is 2.48. The van der Waals surface area contributed by atoms with Gasteiger partial charge in [-0.25, -0.2) is 4.39 Å². The highest BCUT2D eigenvalue weighted by molar-refractivity contribution is 6.02. The minimum absolute atomic E-state index is 0. The van der Waals surface area contributed by atoms with Gasteiger partial charge in [0.05, 0.1) is 11.2 Å². The fourth-order valence-corrected chi connectivity index (χ4v) is 2.39. The smallest absolute Gasteiger partial charge is 0.249 e. The van der Waals surface area contributed by atoms with Crippen LogP contribution in [0.4, 0.5) is 10.1 Å². The van der Waals surface area contributed by atoms with Crippen LogP contribution < -0.4 is 16.0 Å². The van der Waals surface area contributed by atoms with E-state index in [4.69, 9.17) is 5.73 Å². The second-order valence-electron chi connectivity index (χ2n) is 5.41. The molecule has 1 unspecified atom stereocenters. The Morgan fingerprint density at radius 2 is 2.05 bits per heavy atom. The van der Waals surface area contributed by atoms with Crippen molar-refractivity contribution in [3.05, 3.63) is 30.1 Å². The number of para-hydroxylation sites is 1. The average molecular weight is 314 g/mol. The summed E-state index contributed by atoms with van der Waals surface area (Å²) in [4.78, 5) is 25.5. The number of hydrogen-bond acceptors (Lipinski definition) is 3. The van der Waals surface area contributed by atoms with Gasteiger partial charge in [-0.3, -0.25) is 9.59 Å². The zero-order valence-electron chi connectivity index (χ0n) is 11.3. The third-order valence-electron chi connectivity index (χ3n) is 3.89. The van der Waals surface area contributed by atoms with Crippen molar-refractivity contribution in [1.29, 1.82) is 0 Å². The van der Waals surface area contributed by atoms with Gasteiger partial charge in [0.15, 0.2) is 0 Å². The molecule has 0 spiro atoms. The van der Waals surface area contributed by atoms with Gasteiger partial charge in [-0.15, -0.1) is 12.4 Å². The summed E-state index contributed by atoms with van der Waals surface area (Å²) < 4.78 is 13.7. The monoisotopic (exact) mass is 313 g/mol. The topological polar surface area (TPSA) is 75.4 Å². The van der Waals surface area contributed by atoms with E-state index in [1.807, 2.05) is 0 Å². The summed E-state index contributed by atoms with van der Waals surface area (Å²) in [6, 6.07) is 5.51. The number of amides is 2. The Kier molecular flexibility index (Phi) is 4.20. The van der Waals surface area contributed by atoms with E-state index in [-0.39, 0.29) is 29.9 Å². The van der Waals surface area contributed by atoms with E-state index in [1.54, 1.807) is 18.2 Å². The summed E-state index contributed by atoms with van der Waals surface area (Å²) in [7, 11) is 0. The van der Waals surface area contributed by atoms with Crippen LogP contribution in [-0.4, -0.2) is 29.9 Å². The van der Waals surface area contributed by atoms with Gasteiger partial charge in [0.1, 0.15) is 11.9 Å². The van der Waals surface area contributed by atoms with E-state index < -0.39 is 17.4 Å². The van der Waals surface area contributed by atoms with Crippen LogP contribution in [-0.2, 0) is 9.59 Å². The van der Waals surface area contributed by atoms with E-state index in [0.29, 0.717) is 25.8 Å². The lowest BCUT2D eigenvalue weighted by Crippen LogP contribution is -2.49. The number of anilines is 1. The van der Waals surface area contributed by atoms with Crippen LogP contribution >= 0.6 is 12.4 Å². The van der Waals surface area contributed by atoms with E-state index in [0.717, 1.165) is 0 Å². The lowest BCUT2D eigenvalue weighted by Gasteiger charge is -2.18. The molecule has 2 amide bonds. The first-order chi connectivity index (χ1) is 9.51. The van der Waals surface area contributed by atoms with E-state index in [1.165, 1.54) is 11.0 Å². The number of nitrogens with zero attached hydrogens (tertiary/aromatic N) is 1. The number of nitrogens with two attached hydrogens (primary N) is 1. The SMILES string of the molecule is Cl.NC1(C(=O)NC2CCN(c3ccccc3F)C2=O)CC1. The number of hydrogen-bond donors (Lipinski definition) is 2. The molecule has 1 atom stereocenters. The standard InChI is InChI=1S/C14H16FN3O2.ClH/c15-9-3-1-2-4-11(9)18-8-5-10(12(18)19)17-13(20)14(16)6-7-14;/h1-4,10H,5-8,16H2,(H,17,20);1H. The second-order valence-corrected chi connectivity index (χ2v) is 5.41. The van der Waals surface area contributed by atoms with Crippen LogP contribution in [0.2, 0.25) is 0 Å². The van der Waals surface area contributed by atoms with Crippen LogP contribution in [0.3, 0.4) is 0 Å². The molecular formula is C14H17ClFN3O2. The van der Waals surface area contributed by atoms with Crippen molar-refractivity contribution in [2.45, 2.75) is 30.8 Å². The fraction of sp³-hybridized carbons (Fsp3) is 0.429. The van der Waals surface area contributed by atoms with Gasteiger partial charge >= 0.3 is 0 Å². The summed E-state index contributed by atoms with van der Waals surface area (Å²) in [6.45, 7) is 0.391.